The Morgan fingerprint density at radius 3 is 2.35 bits per heavy atom. The molecule has 1 aliphatic rings. The van der Waals surface area contributed by atoms with Gasteiger partial charge in [0.2, 0.25) is 0 Å². The average Bonchev–Trinajstić information content (AvgIpc) is 2.66. The molecule has 98 valence electrons. The largest absolute Gasteiger partial charge is 0.436 e. The summed E-state index contributed by atoms with van der Waals surface area (Å²) in [6, 6.07) is 0. The molecular weight excluding hydrogens is 216 g/mol. The van der Waals surface area contributed by atoms with Crippen LogP contribution in [0.1, 0.15) is 48.0 Å². The van der Waals surface area contributed by atoms with Crippen LogP contribution >= 0.6 is 0 Å². The molecule has 1 aliphatic carbocycles. The normalized spacial score (nSPS) is 37.2. The molecule has 4 unspecified atom stereocenters. The molecule has 1 rings (SSSR count). The van der Waals surface area contributed by atoms with E-state index >= 15 is 0 Å². The highest BCUT2D eigenvalue weighted by molar-refractivity contribution is 5.85. The fraction of sp³-hybridized carbons (Fsp3) is 0.786. The van der Waals surface area contributed by atoms with E-state index in [1.54, 1.807) is 0 Å². The lowest BCUT2D eigenvalue weighted by Crippen LogP contribution is -2.27. The van der Waals surface area contributed by atoms with Gasteiger partial charge in [-0.05, 0) is 38.5 Å². The van der Waals surface area contributed by atoms with Crippen LogP contribution in [0.15, 0.2) is 11.6 Å². The van der Waals surface area contributed by atoms with Crippen molar-refractivity contribution in [1.29, 1.82) is 0 Å². The van der Waals surface area contributed by atoms with Gasteiger partial charge in [0.15, 0.2) is 6.29 Å². The molecule has 4 atom stereocenters. The molecule has 3 nitrogen and oxygen atoms in total. The third-order valence-corrected chi connectivity index (χ3v) is 4.37. The van der Waals surface area contributed by atoms with E-state index < -0.39 is 11.7 Å². The standard InChI is InChI=1S/C14H24O3/c1-7-13(6)10(4)14(13,8-9(2)3)12(16)17-11(5)15/h8,10-11,15H,7H2,1-6H3. The van der Waals surface area contributed by atoms with Crippen LogP contribution in [0.3, 0.4) is 0 Å². The quantitative estimate of drug-likeness (QED) is 0.467. The number of esters is 1. The molecule has 0 radical (unpaired) electrons. The maximum absolute atomic E-state index is 12.2. The number of hydrogen-bond donors (Lipinski definition) is 1. The second kappa shape index (κ2) is 4.45. The topological polar surface area (TPSA) is 46.5 Å². The zero-order valence-corrected chi connectivity index (χ0v) is 11.7. The molecule has 1 fully saturated rings. The average molecular weight is 240 g/mol. The first-order valence-electron chi connectivity index (χ1n) is 6.27. The van der Waals surface area contributed by atoms with Crippen molar-refractivity contribution in [3.8, 4) is 0 Å². The van der Waals surface area contributed by atoms with Gasteiger partial charge in [-0.15, -0.1) is 0 Å². The third kappa shape index (κ3) is 2.01. The van der Waals surface area contributed by atoms with Crippen molar-refractivity contribution in [3.05, 3.63) is 11.6 Å². The van der Waals surface area contributed by atoms with Crippen LogP contribution in [0.2, 0.25) is 0 Å². The summed E-state index contributed by atoms with van der Waals surface area (Å²) < 4.78 is 5.02. The van der Waals surface area contributed by atoms with E-state index in [1.807, 2.05) is 19.9 Å². The van der Waals surface area contributed by atoms with Gasteiger partial charge < -0.3 is 9.84 Å². The monoisotopic (exact) mass is 240 g/mol. The summed E-state index contributed by atoms with van der Waals surface area (Å²) in [5.41, 5.74) is 0.491. The Hall–Kier alpha value is -0.830. The van der Waals surface area contributed by atoms with Gasteiger partial charge in [0, 0.05) is 0 Å². The molecule has 3 heteroatoms. The zero-order chi connectivity index (χ0) is 13.4. The first-order chi connectivity index (χ1) is 7.72. The molecule has 0 aromatic rings. The van der Waals surface area contributed by atoms with Gasteiger partial charge >= 0.3 is 5.97 Å². The van der Waals surface area contributed by atoms with Gasteiger partial charge in [-0.1, -0.05) is 32.4 Å². The molecule has 0 heterocycles. The molecule has 17 heavy (non-hydrogen) atoms. The summed E-state index contributed by atoms with van der Waals surface area (Å²) in [5, 5.41) is 9.21. The van der Waals surface area contributed by atoms with E-state index in [1.165, 1.54) is 6.92 Å². The lowest BCUT2D eigenvalue weighted by atomic mass is 9.90. The minimum Gasteiger partial charge on any atom is -0.436 e. The maximum atomic E-state index is 12.2. The summed E-state index contributed by atoms with van der Waals surface area (Å²) in [6.45, 7) is 11.7. The third-order valence-electron chi connectivity index (χ3n) is 4.37. The summed E-state index contributed by atoms with van der Waals surface area (Å²) in [5.74, 6) is -0.0494. The fourth-order valence-corrected chi connectivity index (χ4v) is 3.02. The summed E-state index contributed by atoms with van der Waals surface area (Å²) >= 11 is 0. The number of carbonyl (C=O) groups excluding carboxylic acids is 1. The van der Waals surface area contributed by atoms with Crippen LogP contribution in [-0.4, -0.2) is 17.4 Å². The van der Waals surface area contributed by atoms with Crippen LogP contribution in [0, 0.1) is 16.7 Å². The van der Waals surface area contributed by atoms with Crippen molar-refractivity contribution in [2.75, 3.05) is 0 Å². The van der Waals surface area contributed by atoms with Crippen LogP contribution in [0.4, 0.5) is 0 Å². The predicted octanol–water partition coefficient (Wildman–Crippen LogP) is 2.89. The van der Waals surface area contributed by atoms with Crippen LogP contribution < -0.4 is 0 Å². The predicted molar refractivity (Wildman–Crippen MR) is 67.2 cm³/mol. The Morgan fingerprint density at radius 2 is 2.06 bits per heavy atom. The van der Waals surface area contributed by atoms with Crippen molar-refractivity contribution in [1.82, 2.24) is 0 Å². The number of allylic oxidation sites excluding steroid dienone is 1. The highest BCUT2D eigenvalue weighted by Crippen LogP contribution is 2.72. The van der Waals surface area contributed by atoms with Crippen molar-refractivity contribution >= 4 is 5.97 Å². The van der Waals surface area contributed by atoms with Crippen molar-refractivity contribution in [2.24, 2.45) is 16.7 Å². The SMILES string of the molecule is CCC1(C)C(C)C1(C=C(C)C)C(=O)OC(C)O. The van der Waals surface area contributed by atoms with Crippen molar-refractivity contribution in [3.63, 3.8) is 0 Å². The second-order valence-electron chi connectivity index (χ2n) is 5.59. The molecule has 0 bridgehead atoms. The number of aliphatic hydroxyl groups excluding tert-OH is 1. The summed E-state index contributed by atoms with van der Waals surface area (Å²) in [6.07, 6.45) is 1.89. The van der Waals surface area contributed by atoms with Gasteiger partial charge in [0.1, 0.15) is 0 Å². The molecule has 0 amide bonds. The Balaban J connectivity index is 3.08. The molecular formula is C14H24O3. The Labute approximate surface area is 104 Å². The van der Waals surface area contributed by atoms with Gasteiger partial charge in [-0.3, -0.25) is 4.79 Å². The lowest BCUT2D eigenvalue weighted by Gasteiger charge is -2.19. The molecule has 0 aliphatic heterocycles. The molecule has 0 aromatic carbocycles. The number of ether oxygens (including phenoxy) is 1. The number of carbonyl (C=O) groups is 1. The Bertz CT molecular complexity index is 341. The van der Waals surface area contributed by atoms with Crippen LogP contribution in [-0.2, 0) is 9.53 Å². The van der Waals surface area contributed by atoms with Gasteiger partial charge in [-0.25, -0.2) is 0 Å². The van der Waals surface area contributed by atoms with E-state index in [2.05, 4.69) is 20.8 Å². The summed E-state index contributed by atoms with van der Waals surface area (Å²) in [4.78, 5) is 12.2. The Morgan fingerprint density at radius 1 is 1.53 bits per heavy atom. The highest BCUT2D eigenvalue weighted by Gasteiger charge is 2.74. The van der Waals surface area contributed by atoms with E-state index in [-0.39, 0.29) is 17.3 Å². The lowest BCUT2D eigenvalue weighted by molar-refractivity contribution is -0.171. The molecule has 0 saturated heterocycles. The minimum atomic E-state index is -1.04. The number of rotatable bonds is 4. The first kappa shape index (κ1) is 14.2. The van der Waals surface area contributed by atoms with E-state index in [9.17, 15) is 9.90 Å². The smallest absolute Gasteiger partial charge is 0.319 e. The minimum absolute atomic E-state index is 0.0593. The zero-order valence-electron chi connectivity index (χ0n) is 11.7. The first-order valence-corrected chi connectivity index (χ1v) is 6.27. The molecule has 0 spiro atoms. The second-order valence-corrected chi connectivity index (χ2v) is 5.59. The van der Waals surface area contributed by atoms with Crippen molar-refractivity contribution < 1.29 is 14.6 Å². The van der Waals surface area contributed by atoms with E-state index in [0.717, 1.165) is 12.0 Å². The molecule has 1 N–H and O–H groups in total. The number of hydrogen-bond acceptors (Lipinski definition) is 3. The van der Waals surface area contributed by atoms with Crippen molar-refractivity contribution in [2.45, 2.75) is 54.3 Å². The van der Waals surface area contributed by atoms with Crippen LogP contribution in [0.25, 0.3) is 0 Å². The van der Waals surface area contributed by atoms with Gasteiger partial charge in [-0.2, -0.15) is 0 Å². The number of aliphatic hydroxyl groups is 1. The summed E-state index contributed by atoms with van der Waals surface area (Å²) in [7, 11) is 0. The van der Waals surface area contributed by atoms with Gasteiger partial charge in [0.05, 0.1) is 5.41 Å². The maximum Gasteiger partial charge on any atom is 0.319 e. The molecule has 0 aromatic heterocycles. The molecule has 1 saturated carbocycles. The van der Waals surface area contributed by atoms with E-state index in [4.69, 9.17) is 4.74 Å². The van der Waals surface area contributed by atoms with Crippen LogP contribution in [0.5, 0.6) is 0 Å². The highest BCUT2D eigenvalue weighted by atomic mass is 16.6. The Kier molecular flexibility index (Phi) is 3.72. The fourth-order valence-electron chi connectivity index (χ4n) is 3.02. The van der Waals surface area contributed by atoms with Gasteiger partial charge in [0.25, 0.3) is 0 Å². The van der Waals surface area contributed by atoms with E-state index in [0.29, 0.717) is 0 Å².